The van der Waals surface area contributed by atoms with Gasteiger partial charge in [-0.25, -0.2) is 0 Å². The van der Waals surface area contributed by atoms with Crippen LogP contribution in [0.5, 0.6) is 0 Å². The Labute approximate surface area is 443 Å². The number of rotatable bonds is 59. The summed E-state index contributed by atoms with van der Waals surface area (Å²) in [7, 11) is 0. The minimum atomic E-state index is -0.768. The van der Waals surface area contributed by atoms with E-state index in [1.807, 2.05) is 0 Å². The van der Waals surface area contributed by atoms with Gasteiger partial charge in [0.1, 0.15) is 13.2 Å². The van der Waals surface area contributed by atoms with Crippen LogP contribution in [0.15, 0.2) is 24.3 Å². The van der Waals surface area contributed by atoms with Crippen LogP contribution >= 0.6 is 0 Å². The molecule has 0 spiro atoms. The Bertz CT molecular complexity index is 1150. The Morgan fingerprint density at radius 2 is 0.507 bits per heavy atom. The largest absolute Gasteiger partial charge is 0.462 e. The zero-order chi connectivity index (χ0) is 51.4. The van der Waals surface area contributed by atoms with E-state index in [0.717, 1.165) is 64.2 Å². The van der Waals surface area contributed by atoms with Gasteiger partial charge in [-0.15, -0.1) is 0 Å². The number of ether oxygens (including phenoxy) is 3. The van der Waals surface area contributed by atoms with Gasteiger partial charge in [-0.05, 0) is 51.4 Å². The van der Waals surface area contributed by atoms with Crippen molar-refractivity contribution in [2.75, 3.05) is 13.2 Å². The zero-order valence-electron chi connectivity index (χ0n) is 48.0. The van der Waals surface area contributed by atoms with Gasteiger partial charge in [-0.1, -0.05) is 308 Å². The van der Waals surface area contributed by atoms with Gasteiger partial charge < -0.3 is 14.2 Å². The van der Waals surface area contributed by atoms with Crippen molar-refractivity contribution in [3.8, 4) is 0 Å². The summed E-state index contributed by atoms with van der Waals surface area (Å²) in [5.41, 5.74) is 0. The molecule has 418 valence electrons. The summed E-state index contributed by atoms with van der Waals surface area (Å²) in [6.07, 6.45) is 71.7. The Balaban J connectivity index is 4.31. The van der Waals surface area contributed by atoms with E-state index in [2.05, 4.69) is 45.1 Å². The molecule has 0 saturated heterocycles. The molecule has 0 aromatic carbocycles. The molecular formula is C65H122O6. The summed E-state index contributed by atoms with van der Waals surface area (Å²) >= 11 is 0. The number of carbonyl (C=O) groups excluding carboxylic acids is 3. The first-order valence-electron chi connectivity index (χ1n) is 31.8. The lowest BCUT2D eigenvalue weighted by molar-refractivity contribution is -0.167. The fourth-order valence-electron chi connectivity index (χ4n) is 9.65. The molecule has 0 aromatic rings. The van der Waals surface area contributed by atoms with Gasteiger partial charge in [0.15, 0.2) is 6.10 Å². The van der Waals surface area contributed by atoms with Crippen molar-refractivity contribution in [1.82, 2.24) is 0 Å². The second-order valence-corrected chi connectivity index (χ2v) is 21.7. The van der Waals surface area contributed by atoms with Crippen LogP contribution in [-0.4, -0.2) is 37.2 Å². The van der Waals surface area contributed by atoms with Crippen LogP contribution in [0.3, 0.4) is 0 Å². The van der Waals surface area contributed by atoms with Crippen molar-refractivity contribution in [3.63, 3.8) is 0 Å². The molecule has 0 radical (unpaired) electrons. The molecule has 0 unspecified atom stereocenters. The summed E-state index contributed by atoms with van der Waals surface area (Å²) in [4.78, 5) is 38.3. The van der Waals surface area contributed by atoms with Gasteiger partial charge in [-0.3, -0.25) is 14.4 Å². The number of carbonyl (C=O) groups is 3. The highest BCUT2D eigenvalue weighted by Crippen LogP contribution is 2.18. The van der Waals surface area contributed by atoms with E-state index in [1.165, 1.54) is 250 Å². The number of esters is 3. The molecule has 0 aliphatic carbocycles. The minimum Gasteiger partial charge on any atom is -0.462 e. The smallest absolute Gasteiger partial charge is 0.306 e. The highest BCUT2D eigenvalue weighted by atomic mass is 16.6. The summed E-state index contributed by atoms with van der Waals surface area (Å²) in [6.45, 7) is 6.68. The monoisotopic (exact) mass is 999 g/mol. The molecule has 6 heteroatoms. The van der Waals surface area contributed by atoms with Gasteiger partial charge in [-0.2, -0.15) is 0 Å². The number of allylic oxidation sites excluding steroid dienone is 4. The SMILES string of the molecule is CCCCC/C=C/C/C=C/CCCCCCCCCCCC(=O)OC[C@@H](COC(=O)CCCCCCCCCCCCCCCCCC)OC(=O)CCCCCCCCCCCCCCCCCCCC. The molecule has 0 fully saturated rings. The van der Waals surface area contributed by atoms with Crippen LogP contribution < -0.4 is 0 Å². The van der Waals surface area contributed by atoms with E-state index in [0.29, 0.717) is 19.3 Å². The molecule has 1 atom stereocenters. The number of hydrogen-bond acceptors (Lipinski definition) is 6. The molecular weight excluding hydrogens is 877 g/mol. The molecule has 0 saturated carbocycles. The first-order chi connectivity index (χ1) is 35.0. The maximum absolute atomic E-state index is 12.9. The zero-order valence-corrected chi connectivity index (χ0v) is 48.0. The van der Waals surface area contributed by atoms with Gasteiger partial charge in [0.25, 0.3) is 0 Å². The number of unbranched alkanes of at least 4 members (excludes halogenated alkanes) is 44. The third-order valence-corrected chi connectivity index (χ3v) is 14.5. The molecule has 0 bridgehead atoms. The Hall–Kier alpha value is -2.11. The van der Waals surface area contributed by atoms with Crippen LogP contribution in [0.1, 0.15) is 355 Å². The van der Waals surface area contributed by atoms with Crippen molar-refractivity contribution in [3.05, 3.63) is 24.3 Å². The molecule has 0 aromatic heterocycles. The standard InChI is InChI=1S/C65H122O6/c1-4-7-10-13-16-19-22-25-28-31-33-35-37-40-43-46-49-52-55-58-64(67)70-61-62(60-69-63(66)57-54-51-48-45-42-39-36-30-27-24-21-18-15-12-9-6-3)71-65(68)59-56-53-50-47-44-41-38-34-32-29-26-23-20-17-14-11-8-5-2/h16,19,25,28,62H,4-15,17-18,20-24,26-27,29-61H2,1-3H3/b19-16+,28-25+/t62-/m1/s1. The minimum absolute atomic E-state index is 0.0661. The van der Waals surface area contributed by atoms with Gasteiger partial charge in [0, 0.05) is 19.3 Å². The highest BCUT2D eigenvalue weighted by Gasteiger charge is 2.19. The lowest BCUT2D eigenvalue weighted by Gasteiger charge is -2.18. The van der Waals surface area contributed by atoms with E-state index >= 15 is 0 Å². The molecule has 0 heterocycles. The topological polar surface area (TPSA) is 78.9 Å². The first kappa shape index (κ1) is 68.9. The van der Waals surface area contributed by atoms with E-state index in [9.17, 15) is 14.4 Å². The average molecular weight is 1000 g/mol. The van der Waals surface area contributed by atoms with E-state index in [1.54, 1.807) is 0 Å². The third-order valence-electron chi connectivity index (χ3n) is 14.5. The van der Waals surface area contributed by atoms with E-state index < -0.39 is 6.10 Å². The Morgan fingerprint density at radius 1 is 0.282 bits per heavy atom. The van der Waals surface area contributed by atoms with Gasteiger partial charge >= 0.3 is 17.9 Å². The fraction of sp³-hybridized carbons (Fsp3) is 0.892. The van der Waals surface area contributed by atoms with Crippen LogP contribution in [0.2, 0.25) is 0 Å². The lowest BCUT2D eigenvalue weighted by atomic mass is 10.0. The maximum Gasteiger partial charge on any atom is 0.306 e. The van der Waals surface area contributed by atoms with Crippen LogP contribution in [0.4, 0.5) is 0 Å². The summed E-state index contributed by atoms with van der Waals surface area (Å²) in [5, 5.41) is 0. The molecule has 0 aliphatic rings. The van der Waals surface area contributed by atoms with Crippen molar-refractivity contribution >= 4 is 17.9 Å². The summed E-state index contributed by atoms with van der Waals surface area (Å²) in [5.74, 6) is -0.842. The Kier molecular flexibility index (Phi) is 58.6. The second kappa shape index (κ2) is 60.4. The summed E-state index contributed by atoms with van der Waals surface area (Å²) in [6, 6.07) is 0. The van der Waals surface area contributed by atoms with Crippen molar-refractivity contribution in [2.45, 2.75) is 361 Å². The van der Waals surface area contributed by atoms with E-state index in [-0.39, 0.29) is 31.1 Å². The average Bonchev–Trinajstić information content (AvgIpc) is 3.37. The predicted molar refractivity (Wildman–Crippen MR) is 307 cm³/mol. The number of hydrogen-bond donors (Lipinski definition) is 0. The van der Waals surface area contributed by atoms with Crippen LogP contribution in [0.25, 0.3) is 0 Å². The fourth-order valence-corrected chi connectivity index (χ4v) is 9.65. The molecule has 0 rings (SSSR count). The Morgan fingerprint density at radius 3 is 0.803 bits per heavy atom. The van der Waals surface area contributed by atoms with Crippen LogP contribution in [-0.2, 0) is 28.6 Å². The second-order valence-electron chi connectivity index (χ2n) is 21.7. The normalized spacial score (nSPS) is 12.1. The summed E-state index contributed by atoms with van der Waals surface area (Å²) < 4.78 is 17.0. The highest BCUT2D eigenvalue weighted by molar-refractivity contribution is 5.71. The lowest BCUT2D eigenvalue weighted by Crippen LogP contribution is -2.30. The molecule has 0 amide bonds. The van der Waals surface area contributed by atoms with Crippen molar-refractivity contribution in [2.24, 2.45) is 0 Å². The quantitative estimate of drug-likeness (QED) is 0.0261. The maximum atomic E-state index is 12.9. The molecule has 6 nitrogen and oxygen atoms in total. The molecule has 71 heavy (non-hydrogen) atoms. The predicted octanol–water partition coefficient (Wildman–Crippen LogP) is 21.4. The van der Waals surface area contributed by atoms with Crippen LogP contribution in [0, 0.1) is 0 Å². The third kappa shape index (κ3) is 58.7. The van der Waals surface area contributed by atoms with Gasteiger partial charge in [0.2, 0.25) is 0 Å². The molecule has 0 N–H and O–H groups in total. The first-order valence-corrected chi connectivity index (χ1v) is 31.8. The van der Waals surface area contributed by atoms with Crippen molar-refractivity contribution in [1.29, 1.82) is 0 Å². The molecule has 0 aliphatic heterocycles. The van der Waals surface area contributed by atoms with Gasteiger partial charge in [0.05, 0.1) is 0 Å². The van der Waals surface area contributed by atoms with E-state index in [4.69, 9.17) is 14.2 Å². The van der Waals surface area contributed by atoms with Crippen molar-refractivity contribution < 1.29 is 28.6 Å².